The number of ether oxygens (including phenoxy) is 3. The molecule has 1 aliphatic heterocycles. The van der Waals surface area contributed by atoms with Crippen LogP contribution in [0.3, 0.4) is 0 Å². The summed E-state index contributed by atoms with van der Waals surface area (Å²) >= 11 is 0. The van der Waals surface area contributed by atoms with Crippen molar-refractivity contribution in [3.63, 3.8) is 0 Å². The second kappa shape index (κ2) is 13.5. The van der Waals surface area contributed by atoms with E-state index >= 15 is 0 Å². The first-order chi connectivity index (χ1) is 21.9. The van der Waals surface area contributed by atoms with E-state index in [0.29, 0.717) is 39.3 Å². The van der Waals surface area contributed by atoms with E-state index < -0.39 is 28.1 Å². The monoisotopic (exact) mass is 652 g/mol. The van der Waals surface area contributed by atoms with Crippen LogP contribution >= 0.6 is 0 Å². The van der Waals surface area contributed by atoms with Crippen molar-refractivity contribution in [3.8, 4) is 22.8 Å². The van der Waals surface area contributed by atoms with E-state index in [0.717, 1.165) is 12.7 Å². The molecule has 12 heteroatoms. The first kappa shape index (κ1) is 33.0. The summed E-state index contributed by atoms with van der Waals surface area (Å²) in [5.74, 6) is 0.277. The van der Waals surface area contributed by atoms with Crippen molar-refractivity contribution in [1.82, 2.24) is 5.32 Å². The first-order valence-corrected chi connectivity index (χ1v) is 16.9. The fraction of sp³-hybridized carbons (Fsp3) is 0.353. The largest absolute Gasteiger partial charge is 0.463 e. The van der Waals surface area contributed by atoms with Crippen LogP contribution in [0.4, 0.5) is 10.1 Å². The Hall–Kier alpha value is -4.42. The summed E-state index contributed by atoms with van der Waals surface area (Å²) in [6.45, 7) is 5.55. The lowest BCUT2D eigenvalue weighted by Crippen LogP contribution is -2.39. The molecule has 0 spiro atoms. The summed E-state index contributed by atoms with van der Waals surface area (Å²) in [7, 11) is -2.29. The van der Waals surface area contributed by atoms with Crippen LogP contribution in [0, 0.1) is 11.7 Å². The zero-order chi connectivity index (χ0) is 33.2. The smallest absolute Gasteiger partial charge is 0.306 e. The standard InChI is InChI=1S/C34H37FN2O8S/c1-6-20(2)15-31(38)42-19-26-18-37(46(5,40)41)29-17-30-28(16-27(29)21(3)43-26)32(34(39)36-4)33(45-30)22-7-11-24(12-8-22)44-25-13-9-23(35)10-14-25/h7-14,16-17,20-21,26H,6,15,18-19H2,1-5H3,(H,36,39). The number of furan rings is 1. The molecule has 4 aromatic rings. The van der Waals surface area contributed by atoms with Crippen molar-refractivity contribution in [2.75, 3.05) is 30.8 Å². The van der Waals surface area contributed by atoms with Crippen LogP contribution in [0.5, 0.6) is 11.5 Å². The number of halogens is 1. The second-order valence-corrected chi connectivity index (χ2v) is 13.4. The zero-order valence-electron chi connectivity index (χ0n) is 26.3. The Morgan fingerprint density at radius 1 is 1.09 bits per heavy atom. The second-order valence-electron chi connectivity index (χ2n) is 11.5. The zero-order valence-corrected chi connectivity index (χ0v) is 27.1. The van der Waals surface area contributed by atoms with Crippen molar-refractivity contribution in [3.05, 3.63) is 77.6 Å². The summed E-state index contributed by atoms with van der Waals surface area (Å²) in [5.41, 5.74) is 2.04. The topological polar surface area (TPSA) is 124 Å². The van der Waals surface area contributed by atoms with E-state index in [9.17, 15) is 22.4 Å². The van der Waals surface area contributed by atoms with E-state index in [1.54, 1.807) is 43.3 Å². The molecular formula is C34H37FN2O8S. The summed E-state index contributed by atoms with van der Waals surface area (Å²) < 4.78 is 64.4. The highest BCUT2D eigenvalue weighted by Crippen LogP contribution is 2.42. The molecule has 46 heavy (non-hydrogen) atoms. The van der Waals surface area contributed by atoms with E-state index in [-0.39, 0.29) is 48.6 Å². The fourth-order valence-electron chi connectivity index (χ4n) is 5.33. The molecular weight excluding hydrogens is 615 g/mol. The molecule has 5 rings (SSSR count). The highest BCUT2D eigenvalue weighted by atomic mass is 32.2. The molecule has 0 saturated carbocycles. The maximum Gasteiger partial charge on any atom is 0.306 e. The number of amides is 1. The van der Waals surface area contributed by atoms with Gasteiger partial charge in [0.2, 0.25) is 10.0 Å². The highest BCUT2D eigenvalue weighted by molar-refractivity contribution is 7.92. The number of carbonyl (C=O) groups excluding carboxylic acids is 2. The van der Waals surface area contributed by atoms with Gasteiger partial charge in [0.25, 0.3) is 5.91 Å². The van der Waals surface area contributed by atoms with Crippen LogP contribution in [-0.4, -0.2) is 52.9 Å². The maximum absolute atomic E-state index is 13.3. The van der Waals surface area contributed by atoms with E-state index in [4.69, 9.17) is 18.6 Å². The summed E-state index contributed by atoms with van der Waals surface area (Å²) in [5, 5.41) is 3.14. The number of esters is 1. The molecule has 3 unspecified atom stereocenters. The number of hydrogen-bond acceptors (Lipinski definition) is 8. The van der Waals surface area contributed by atoms with Crippen molar-refractivity contribution in [2.24, 2.45) is 5.92 Å². The predicted octanol–water partition coefficient (Wildman–Crippen LogP) is 6.60. The van der Waals surface area contributed by atoms with Gasteiger partial charge < -0.3 is 23.9 Å². The summed E-state index contributed by atoms with van der Waals surface area (Å²) in [6.07, 6.45) is 0.862. The summed E-state index contributed by atoms with van der Waals surface area (Å²) in [6, 6.07) is 15.8. The lowest BCUT2D eigenvalue weighted by atomic mass is 10.0. The highest BCUT2D eigenvalue weighted by Gasteiger charge is 2.34. The van der Waals surface area contributed by atoms with Gasteiger partial charge in [-0.25, -0.2) is 12.8 Å². The van der Waals surface area contributed by atoms with E-state index in [1.165, 1.54) is 35.6 Å². The Kier molecular flexibility index (Phi) is 9.68. The van der Waals surface area contributed by atoms with Gasteiger partial charge in [-0.3, -0.25) is 13.9 Å². The Labute approximate surface area is 267 Å². The molecule has 2 heterocycles. The number of fused-ring (bicyclic) bond motifs is 2. The van der Waals surface area contributed by atoms with Crippen LogP contribution in [-0.2, 0) is 24.3 Å². The van der Waals surface area contributed by atoms with Crippen molar-refractivity contribution in [2.45, 2.75) is 45.8 Å². The molecule has 1 aliphatic rings. The van der Waals surface area contributed by atoms with Gasteiger partial charge in [0, 0.05) is 36.0 Å². The maximum atomic E-state index is 13.3. The quantitative estimate of drug-likeness (QED) is 0.190. The predicted molar refractivity (Wildman–Crippen MR) is 172 cm³/mol. The van der Waals surface area contributed by atoms with E-state index in [2.05, 4.69) is 5.32 Å². The van der Waals surface area contributed by atoms with E-state index in [1.807, 2.05) is 13.8 Å². The van der Waals surface area contributed by atoms with Crippen molar-refractivity contribution in [1.29, 1.82) is 0 Å². The van der Waals surface area contributed by atoms with Gasteiger partial charge in [-0.05, 0) is 67.4 Å². The molecule has 10 nitrogen and oxygen atoms in total. The van der Waals surface area contributed by atoms with Crippen LogP contribution in [0.25, 0.3) is 22.3 Å². The van der Waals surface area contributed by atoms with Crippen LogP contribution in [0.2, 0.25) is 0 Å². The van der Waals surface area contributed by atoms with Gasteiger partial charge in [-0.15, -0.1) is 0 Å². The minimum absolute atomic E-state index is 0.0797. The molecule has 3 atom stereocenters. The number of benzene rings is 3. The summed E-state index contributed by atoms with van der Waals surface area (Å²) in [4.78, 5) is 25.6. The number of anilines is 1. The number of nitrogens with zero attached hydrogens (tertiary/aromatic N) is 1. The number of carbonyl (C=O) groups is 2. The van der Waals surface area contributed by atoms with Crippen LogP contribution < -0.4 is 14.4 Å². The van der Waals surface area contributed by atoms with Gasteiger partial charge >= 0.3 is 5.97 Å². The van der Waals surface area contributed by atoms with Crippen LogP contribution in [0.15, 0.2) is 65.1 Å². The first-order valence-electron chi connectivity index (χ1n) is 15.0. The molecule has 3 aromatic carbocycles. The SMILES string of the molecule is CCC(C)CC(=O)OCC1CN(S(C)(=O)=O)c2cc3oc(-c4ccc(Oc5ccc(F)cc5)cc4)c(C(=O)NC)c3cc2C(C)O1. The molecule has 1 N–H and O–H groups in total. The van der Waals surface area contributed by atoms with Crippen molar-refractivity contribution >= 4 is 38.6 Å². The lowest BCUT2D eigenvalue weighted by molar-refractivity contribution is -0.150. The van der Waals surface area contributed by atoms with Crippen molar-refractivity contribution < 1.29 is 41.0 Å². The minimum atomic E-state index is -3.80. The molecule has 1 aromatic heterocycles. The third-order valence-corrected chi connectivity index (χ3v) is 9.12. The average Bonchev–Trinajstić information content (AvgIpc) is 3.33. The Bertz CT molecular complexity index is 1840. The van der Waals surface area contributed by atoms with Gasteiger partial charge in [0.15, 0.2) is 0 Å². The Morgan fingerprint density at radius 2 is 1.74 bits per heavy atom. The molecule has 244 valence electrons. The molecule has 0 saturated heterocycles. The van der Waals surface area contributed by atoms with Gasteiger partial charge in [0.05, 0.1) is 30.2 Å². The molecule has 1 amide bonds. The number of sulfonamides is 1. The Balaban J connectivity index is 1.50. The minimum Gasteiger partial charge on any atom is -0.463 e. The lowest BCUT2D eigenvalue weighted by Gasteiger charge is -2.24. The number of hydrogen-bond donors (Lipinski definition) is 1. The Morgan fingerprint density at radius 3 is 2.35 bits per heavy atom. The number of nitrogens with one attached hydrogen (secondary N) is 1. The number of rotatable bonds is 10. The van der Waals surface area contributed by atoms with Gasteiger partial charge in [-0.1, -0.05) is 20.3 Å². The van der Waals surface area contributed by atoms with Gasteiger partial charge in [0.1, 0.15) is 41.4 Å². The molecule has 0 aliphatic carbocycles. The third kappa shape index (κ3) is 7.18. The molecule has 0 bridgehead atoms. The van der Waals surface area contributed by atoms with Gasteiger partial charge in [-0.2, -0.15) is 0 Å². The third-order valence-electron chi connectivity index (χ3n) is 7.97. The molecule has 0 fully saturated rings. The fourth-order valence-corrected chi connectivity index (χ4v) is 6.28. The average molecular weight is 653 g/mol. The van der Waals surface area contributed by atoms with Crippen LogP contribution in [0.1, 0.15) is 55.6 Å². The molecule has 0 radical (unpaired) electrons. The normalized spacial score (nSPS) is 17.2.